The summed E-state index contributed by atoms with van der Waals surface area (Å²) in [5, 5.41) is 0. The van der Waals surface area contributed by atoms with E-state index in [2.05, 4.69) is 0 Å². The van der Waals surface area contributed by atoms with Crippen LogP contribution in [0.3, 0.4) is 0 Å². The van der Waals surface area contributed by atoms with E-state index in [9.17, 15) is 0 Å². The molecule has 0 aromatic rings. The van der Waals surface area contributed by atoms with Crippen LogP contribution in [0.4, 0.5) is 0 Å². The Balaban J connectivity index is 0. The molecule has 0 nitrogen and oxygen atoms in total. The Hall–Kier alpha value is 2.56. The van der Waals surface area contributed by atoms with Gasteiger partial charge in [0, 0.05) is 50.9 Å². The normalized spacial score (nSPS) is 0. The molecule has 0 aliphatic carbocycles. The van der Waals surface area contributed by atoms with Crippen LogP contribution in [-0.4, -0.2) is 34.9 Å². The van der Waals surface area contributed by atoms with Crippen molar-refractivity contribution in [2.24, 2.45) is 0 Å². The standard InChI is InChI=1S/Cr.Cu.Ni.H4Si.Sn.2H/h;;;1H4;;;. The summed E-state index contributed by atoms with van der Waals surface area (Å²) >= 11 is 0. The van der Waals surface area contributed by atoms with Gasteiger partial charge in [0.15, 0.2) is 0 Å². The zero-order valence-corrected chi connectivity index (χ0v) is 8.97. The predicted molar refractivity (Wildman–Crippen MR) is 19.9 cm³/mol. The first-order chi connectivity index (χ1) is 0. The molecule has 0 N–H and O–H groups in total. The first-order valence-electron chi connectivity index (χ1n) is 0. The van der Waals surface area contributed by atoms with Gasteiger partial charge in [-0.2, -0.15) is 0 Å². The Bertz CT molecular complexity index is 11.6. The molecule has 0 bridgehead atoms. The molecule has 41 valence electrons. The quantitative estimate of drug-likeness (QED) is 0.436. The Morgan fingerprint density at radius 2 is 1.00 bits per heavy atom. The van der Waals surface area contributed by atoms with Crippen LogP contribution >= 0.6 is 0 Å². The third-order valence-corrected chi connectivity index (χ3v) is 0. The van der Waals surface area contributed by atoms with Gasteiger partial charge in [-0.05, 0) is 11.0 Å². The van der Waals surface area contributed by atoms with Crippen LogP contribution in [0.25, 0.3) is 0 Å². The molecule has 0 unspecified atom stereocenters. The van der Waals surface area contributed by atoms with Crippen molar-refractivity contribution >= 4 is 34.9 Å². The van der Waals surface area contributed by atoms with Gasteiger partial charge in [-0.3, -0.25) is 0 Å². The minimum absolute atomic E-state index is 0. The molecule has 0 rings (SSSR count). The fourth-order valence-corrected chi connectivity index (χ4v) is 0. The van der Waals surface area contributed by atoms with E-state index in [0.29, 0.717) is 0 Å². The van der Waals surface area contributed by atoms with Crippen LogP contribution in [-0.2, 0) is 50.9 Å². The Labute approximate surface area is 84.7 Å². The monoisotopic (exact) mass is 327 g/mol. The van der Waals surface area contributed by atoms with E-state index < -0.39 is 0 Å². The van der Waals surface area contributed by atoms with Crippen LogP contribution in [0.2, 0.25) is 0 Å². The summed E-state index contributed by atoms with van der Waals surface area (Å²) in [6, 6.07) is 0. The molecule has 5 heteroatoms. The van der Waals surface area contributed by atoms with Crippen molar-refractivity contribution < 1.29 is 50.9 Å². The van der Waals surface area contributed by atoms with Crippen LogP contribution in [0.1, 0.15) is 0 Å². The van der Waals surface area contributed by atoms with Crippen molar-refractivity contribution in [1.82, 2.24) is 0 Å². The van der Waals surface area contributed by atoms with Crippen molar-refractivity contribution in [1.29, 1.82) is 0 Å². The Morgan fingerprint density at radius 1 is 1.00 bits per heavy atom. The molecule has 0 fully saturated rings. The summed E-state index contributed by atoms with van der Waals surface area (Å²) in [6.45, 7) is 0. The van der Waals surface area contributed by atoms with Crippen LogP contribution < -0.4 is 0 Å². The van der Waals surface area contributed by atoms with Crippen molar-refractivity contribution in [3.8, 4) is 0 Å². The zero-order valence-electron chi connectivity index (χ0n) is 1.73. The Kier molecular flexibility index (Phi) is 307. The molecule has 0 amide bonds. The molecule has 0 aromatic carbocycles. The van der Waals surface area contributed by atoms with E-state index in [4.69, 9.17) is 0 Å². The van der Waals surface area contributed by atoms with Crippen LogP contribution in [0.5, 0.6) is 0 Å². The SMILES string of the molecule is [Cr].[Cu].[Ni].[SiH4].[SnH2]. The molecule has 0 atom stereocenters. The van der Waals surface area contributed by atoms with Crippen LogP contribution in [0, 0.1) is 0 Å². The van der Waals surface area contributed by atoms with Crippen molar-refractivity contribution in [2.45, 2.75) is 0 Å². The van der Waals surface area contributed by atoms with E-state index in [1.54, 1.807) is 0 Å². The summed E-state index contributed by atoms with van der Waals surface area (Å²) in [6.07, 6.45) is 0. The average molecular weight is 327 g/mol. The first-order valence-corrected chi connectivity index (χ1v) is 0. The maximum absolute atomic E-state index is 0. The zero-order chi connectivity index (χ0) is 0. The van der Waals surface area contributed by atoms with Gasteiger partial charge in [0.25, 0.3) is 0 Å². The van der Waals surface area contributed by atoms with Crippen molar-refractivity contribution in [3.63, 3.8) is 0 Å². The van der Waals surface area contributed by atoms with E-state index in [1.165, 1.54) is 0 Å². The maximum atomic E-state index is 0. The first kappa shape index (κ1) is 49.6. The molecule has 0 spiro atoms. The molecule has 0 aromatic heterocycles. The number of hydrogen-bond acceptors (Lipinski definition) is 0. The molecule has 0 saturated carbocycles. The van der Waals surface area contributed by atoms with E-state index in [1.807, 2.05) is 0 Å². The second-order valence-electron chi connectivity index (χ2n) is 0. The van der Waals surface area contributed by atoms with E-state index >= 15 is 0 Å². The third-order valence-electron chi connectivity index (χ3n) is 0. The van der Waals surface area contributed by atoms with Gasteiger partial charge >= 0.3 is 23.9 Å². The van der Waals surface area contributed by atoms with Crippen molar-refractivity contribution in [3.05, 3.63) is 0 Å². The van der Waals surface area contributed by atoms with Crippen LogP contribution in [0.15, 0.2) is 0 Å². The Morgan fingerprint density at radius 3 is 1.00 bits per heavy atom. The van der Waals surface area contributed by atoms with Gasteiger partial charge in [-0.1, -0.05) is 0 Å². The molecule has 3 radical (unpaired) electrons. The summed E-state index contributed by atoms with van der Waals surface area (Å²) in [4.78, 5) is 0. The summed E-state index contributed by atoms with van der Waals surface area (Å²) in [5.74, 6) is 0. The third kappa shape index (κ3) is 20.8. The van der Waals surface area contributed by atoms with E-state index in [-0.39, 0.29) is 85.8 Å². The molecule has 0 saturated heterocycles. The second kappa shape index (κ2) is 30.9. The van der Waals surface area contributed by atoms with Gasteiger partial charge in [-0.25, -0.2) is 0 Å². The molecule has 5 heavy (non-hydrogen) atoms. The molecular formula is H6CrCuNiSiSn. The second-order valence-corrected chi connectivity index (χ2v) is 0. The molecule has 0 aliphatic rings. The molecule has 0 heterocycles. The summed E-state index contributed by atoms with van der Waals surface area (Å²) in [5.41, 5.74) is 0. The van der Waals surface area contributed by atoms with Crippen molar-refractivity contribution in [2.75, 3.05) is 0 Å². The summed E-state index contributed by atoms with van der Waals surface area (Å²) in [7, 11) is 0. The number of rotatable bonds is 0. The van der Waals surface area contributed by atoms with Gasteiger partial charge in [-0.15, -0.1) is 0 Å². The summed E-state index contributed by atoms with van der Waals surface area (Å²) < 4.78 is 0. The van der Waals surface area contributed by atoms with Gasteiger partial charge in [0.05, 0.1) is 0 Å². The van der Waals surface area contributed by atoms with Gasteiger partial charge in [0.2, 0.25) is 0 Å². The number of hydrogen-bond donors (Lipinski definition) is 0. The predicted octanol–water partition coefficient (Wildman–Crippen LogP) is -2.38. The topological polar surface area (TPSA) is 0 Å². The molecule has 0 aliphatic heterocycles. The average Bonchev–Trinajstić information content (AvgIpc) is 0. The fraction of sp³-hybridized carbons (Fsp3) is 0. The molecular weight excluding hydrogens is 321 g/mol. The van der Waals surface area contributed by atoms with Gasteiger partial charge in [0.1, 0.15) is 0 Å². The fourth-order valence-electron chi connectivity index (χ4n) is 0. The van der Waals surface area contributed by atoms with E-state index in [0.717, 1.165) is 0 Å². The van der Waals surface area contributed by atoms with Gasteiger partial charge < -0.3 is 0 Å². The minimum atomic E-state index is 0.